The summed E-state index contributed by atoms with van der Waals surface area (Å²) in [7, 11) is 0. The molecule has 0 saturated carbocycles. The number of benzene rings is 1. The predicted octanol–water partition coefficient (Wildman–Crippen LogP) is 2.76. The first-order chi connectivity index (χ1) is 10.5. The Hall–Kier alpha value is -1.14. The molecule has 0 bridgehead atoms. The summed E-state index contributed by atoms with van der Waals surface area (Å²) < 4.78 is 1.73. The fourth-order valence-corrected chi connectivity index (χ4v) is 2.94. The number of hydrogen-bond donors (Lipinski definition) is 1. The van der Waals surface area contributed by atoms with Crippen LogP contribution in [-0.2, 0) is 6.54 Å². The monoisotopic (exact) mass is 339 g/mol. The van der Waals surface area contributed by atoms with E-state index in [1.165, 1.54) is 0 Å². The molecule has 2 aromatic rings. The fraction of sp³-hybridized carbons (Fsp3) is 0.467. The minimum atomic E-state index is 0.492. The highest BCUT2D eigenvalue weighted by molar-refractivity contribution is 6.42. The van der Waals surface area contributed by atoms with Gasteiger partial charge in [-0.25, -0.2) is 4.68 Å². The minimum Gasteiger partial charge on any atom is -0.311 e. The number of nitrogens with zero attached hydrogens (tertiary/aromatic N) is 4. The molecule has 1 saturated heterocycles. The Morgan fingerprint density at radius 2 is 2.09 bits per heavy atom. The second-order valence-corrected chi connectivity index (χ2v) is 6.66. The van der Waals surface area contributed by atoms with E-state index in [1.807, 2.05) is 12.3 Å². The minimum absolute atomic E-state index is 0.492. The number of hydrogen-bond acceptors (Lipinski definition) is 4. The third-order valence-electron chi connectivity index (χ3n) is 3.97. The van der Waals surface area contributed by atoms with E-state index in [0.29, 0.717) is 22.1 Å². The van der Waals surface area contributed by atoms with Crippen molar-refractivity contribution in [2.24, 2.45) is 0 Å². The van der Waals surface area contributed by atoms with Gasteiger partial charge in [0.2, 0.25) is 0 Å². The maximum atomic E-state index is 6.05. The molecule has 2 unspecified atom stereocenters. The number of rotatable bonds is 3. The van der Waals surface area contributed by atoms with Crippen LogP contribution in [0.2, 0.25) is 10.0 Å². The first-order valence-electron chi connectivity index (χ1n) is 7.37. The molecule has 0 amide bonds. The Morgan fingerprint density at radius 3 is 2.86 bits per heavy atom. The van der Waals surface area contributed by atoms with Gasteiger partial charge in [0.05, 0.1) is 27.6 Å². The van der Waals surface area contributed by atoms with Gasteiger partial charge in [0.1, 0.15) is 0 Å². The van der Waals surface area contributed by atoms with Gasteiger partial charge in [-0.2, -0.15) is 0 Å². The maximum Gasteiger partial charge on any atom is 0.0971 e. The molecular weight excluding hydrogens is 321 g/mol. The number of piperazine rings is 1. The van der Waals surface area contributed by atoms with E-state index in [9.17, 15) is 0 Å². The molecule has 118 valence electrons. The maximum absolute atomic E-state index is 6.05. The zero-order chi connectivity index (χ0) is 15.7. The summed E-state index contributed by atoms with van der Waals surface area (Å²) in [6.07, 6.45) is 1.94. The van der Waals surface area contributed by atoms with E-state index in [0.717, 1.165) is 31.0 Å². The van der Waals surface area contributed by atoms with Crippen LogP contribution in [0.3, 0.4) is 0 Å². The Balaban J connectivity index is 1.74. The first kappa shape index (κ1) is 15.7. The third kappa shape index (κ3) is 3.43. The van der Waals surface area contributed by atoms with Crippen LogP contribution in [-0.4, -0.2) is 45.1 Å². The van der Waals surface area contributed by atoms with E-state index in [1.54, 1.807) is 16.8 Å². The Kier molecular flexibility index (Phi) is 4.68. The summed E-state index contributed by atoms with van der Waals surface area (Å²) >= 11 is 12.0. The summed E-state index contributed by atoms with van der Waals surface area (Å²) in [4.78, 5) is 2.42. The predicted molar refractivity (Wildman–Crippen MR) is 88.7 cm³/mol. The second kappa shape index (κ2) is 6.54. The Labute approximate surface area is 140 Å². The van der Waals surface area contributed by atoms with E-state index in [4.69, 9.17) is 23.2 Å². The number of halogens is 2. The molecule has 0 spiro atoms. The van der Waals surface area contributed by atoms with Gasteiger partial charge >= 0.3 is 0 Å². The molecule has 2 atom stereocenters. The SMILES string of the molecule is CC1CN(Cc2cn(-c3ccc(Cl)c(Cl)c3)nn2)C(C)CN1. The van der Waals surface area contributed by atoms with Crippen LogP contribution in [0.1, 0.15) is 19.5 Å². The standard InChI is InChI=1S/C15H19Cl2N5/c1-10-7-21(11(2)6-18-10)8-12-9-22(20-19-12)13-3-4-14(16)15(17)5-13/h3-5,9-11,18H,6-8H2,1-2H3. The van der Waals surface area contributed by atoms with Crippen LogP contribution >= 0.6 is 23.2 Å². The molecule has 5 nitrogen and oxygen atoms in total. The fourth-order valence-electron chi connectivity index (χ4n) is 2.65. The molecule has 7 heteroatoms. The second-order valence-electron chi connectivity index (χ2n) is 5.84. The summed E-state index contributed by atoms with van der Waals surface area (Å²) in [5, 5.41) is 13.0. The first-order valence-corrected chi connectivity index (χ1v) is 8.12. The topological polar surface area (TPSA) is 46.0 Å². The van der Waals surface area contributed by atoms with Crippen molar-refractivity contribution in [3.8, 4) is 5.69 Å². The summed E-state index contributed by atoms with van der Waals surface area (Å²) in [6, 6.07) is 6.42. The average molecular weight is 340 g/mol. The van der Waals surface area contributed by atoms with Crippen molar-refractivity contribution in [1.29, 1.82) is 0 Å². The van der Waals surface area contributed by atoms with Crippen molar-refractivity contribution in [2.45, 2.75) is 32.5 Å². The van der Waals surface area contributed by atoms with E-state index in [2.05, 4.69) is 34.4 Å². The van der Waals surface area contributed by atoms with Crippen LogP contribution in [0.15, 0.2) is 24.4 Å². The summed E-state index contributed by atoms with van der Waals surface area (Å²) in [6.45, 7) is 7.24. The lowest BCUT2D eigenvalue weighted by Gasteiger charge is -2.36. The van der Waals surface area contributed by atoms with Crippen molar-refractivity contribution in [1.82, 2.24) is 25.2 Å². The zero-order valence-corrected chi connectivity index (χ0v) is 14.1. The highest BCUT2D eigenvalue weighted by Gasteiger charge is 2.23. The van der Waals surface area contributed by atoms with Crippen LogP contribution in [0.4, 0.5) is 0 Å². The molecule has 1 aliphatic rings. The molecule has 0 aliphatic carbocycles. The molecule has 1 aromatic heterocycles. The lowest BCUT2D eigenvalue weighted by atomic mass is 10.1. The van der Waals surface area contributed by atoms with Crippen molar-refractivity contribution in [2.75, 3.05) is 13.1 Å². The van der Waals surface area contributed by atoms with Crippen LogP contribution in [0, 0.1) is 0 Å². The van der Waals surface area contributed by atoms with Gasteiger partial charge in [0.15, 0.2) is 0 Å². The molecule has 1 N–H and O–H groups in total. The molecule has 2 heterocycles. The Bertz CT molecular complexity index is 657. The number of aromatic nitrogens is 3. The van der Waals surface area contributed by atoms with E-state index < -0.39 is 0 Å². The molecule has 1 aliphatic heterocycles. The average Bonchev–Trinajstić information content (AvgIpc) is 2.94. The van der Waals surface area contributed by atoms with Crippen LogP contribution in [0.25, 0.3) is 5.69 Å². The number of nitrogens with one attached hydrogen (secondary N) is 1. The molecule has 1 aromatic carbocycles. The smallest absolute Gasteiger partial charge is 0.0971 e. The highest BCUT2D eigenvalue weighted by atomic mass is 35.5. The molecule has 0 radical (unpaired) electrons. The van der Waals surface area contributed by atoms with E-state index >= 15 is 0 Å². The normalized spacial score (nSPS) is 22.9. The molecule has 22 heavy (non-hydrogen) atoms. The third-order valence-corrected chi connectivity index (χ3v) is 4.71. The summed E-state index contributed by atoms with van der Waals surface area (Å²) in [5.41, 5.74) is 1.81. The highest BCUT2D eigenvalue weighted by Crippen LogP contribution is 2.24. The van der Waals surface area contributed by atoms with Gasteiger partial charge in [0, 0.05) is 31.7 Å². The zero-order valence-electron chi connectivity index (χ0n) is 12.6. The van der Waals surface area contributed by atoms with Gasteiger partial charge in [0.25, 0.3) is 0 Å². The quantitative estimate of drug-likeness (QED) is 0.933. The molecular formula is C15H19Cl2N5. The van der Waals surface area contributed by atoms with Gasteiger partial charge in [-0.3, -0.25) is 4.90 Å². The molecule has 3 rings (SSSR count). The lowest BCUT2D eigenvalue weighted by molar-refractivity contribution is 0.137. The van der Waals surface area contributed by atoms with Gasteiger partial charge in [-0.15, -0.1) is 5.10 Å². The van der Waals surface area contributed by atoms with Gasteiger partial charge in [-0.05, 0) is 32.0 Å². The largest absolute Gasteiger partial charge is 0.311 e. The summed E-state index contributed by atoms with van der Waals surface area (Å²) in [5.74, 6) is 0. The van der Waals surface area contributed by atoms with Gasteiger partial charge < -0.3 is 5.32 Å². The van der Waals surface area contributed by atoms with Crippen molar-refractivity contribution in [3.05, 3.63) is 40.1 Å². The molecule has 1 fully saturated rings. The van der Waals surface area contributed by atoms with Gasteiger partial charge in [-0.1, -0.05) is 28.4 Å². The van der Waals surface area contributed by atoms with Crippen LogP contribution in [0.5, 0.6) is 0 Å². The van der Waals surface area contributed by atoms with Crippen molar-refractivity contribution >= 4 is 23.2 Å². The van der Waals surface area contributed by atoms with E-state index in [-0.39, 0.29) is 0 Å². The Morgan fingerprint density at radius 1 is 1.27 bits per heavy atom. The lowest BCUT2D eigenvalue weighted by Crippen LogP contribution is -2.53. The van der Waals surface area contributed by atoms with Crippen molar-refractivity contribution in [3.63, 3.8) is 0 Å². The van der Waals surface area contributed by atoms with Crippen LogP contribution < -0.4 is 5.32 Å². The van der Waals surface area contributed by atoms with Crippen molar-refractivity contribution < 1.29 is 0 Å².